The molecule has 1 aromatic carbocycles. The van der Waals surface area contributed by atoms with Crippen molar-refractivity contribution in [2.75, 3.05) is 18.8 Å². The number of thioether (sulfide) groups is 1. The van der Waals surface area contributed by atoms with E-state index in [2.05, 4.69) is 22.4 Å². The van der Waals surface area contributed by atoms with Crippen LogP contribution in [-0.2, 0) is 14.8 Å². The van der Waals surface area contributed by atoms with Crippen LogP contribution in [0.1, 0.15) is 46.5 Å². The van der Waals surface area contributed by atoms with Crippen LogP contribution >= 0.6 is 11.8 Å². The number of sulfonamides is 1. The Labute approximate surface area is 188 Å². The number of amides is 1. The van der Waals surface area contributed by atoms with Crippen molar-refractivity contribution < 1.29 is 17.6 Å². The van der Waals surface area contributed by atoms with Gasteiger partial charge in [0, 0.05) is 24.7 Å². The molecular weight excluding hydrogens is 436 g/mol. The van der Waals surface area contributed by atoms with E-state index in [0.717, 1.165) is 19.3 Å². The second-order valence-electron chi connectivity index (χ2n) is 7.71. The standard InChI is InChI=1S/C21H30N4O4S2/c1-4-25(5-2)31(27,28)17-12-10-16(11-13-17)20-23-24-21(29-20)30-14-19(26)22-18-9-7-6-8-15(18)3/h10-13,15,18H,4-9,14H2,1-3H3,(H,22,26)/t15-,18+/m1/s1. The van der Waals surface area contributed by atoms with Crippen LogP contribution in [-0.4, -0.2) is 53.7 Å². The lowest BCUT2D eigenvalue weighted by Crippen LogP contribution is -2.41. The quantitative estimate of drug-likeness (QED) is 0.563. The summed E-state index contributed by atoms with van der Waals surface area (Å²) in [6, 6.07) is 6.62. The third kappa shape index (κ3) is 5.87. The Morgan fingerprint density at radius 1 is 1.16 bits per heavy atom. The highest BCUT2D eigenvalue weighted by Gasteiger charge is 2.24. The van der Waals surface area contributed by atoms with Gasteiger partial charge in [0.2, 0.25) is 21.8 Å². The highest BCUT2D eigenvalue weighted by atomic mass is 32.2. The molecule has 8 nitrogen and oxygen atoms in total. The van der Waals surface area contributed by atoms with Crippen molar-refractivity contribution in [3.8, 4) is 11.5 Å². The van der Waals surface area contributed by atoms with E-state index in [9.17, 15) is 13.2 Å². The average molecular weight is 467 g/mol. The predicted molar refractivity (Wildman–Crippen MR) is 120 cm³/mol. The van der Waals surface area contributed by atoms with Gasteiger partial charge >= 0.3 is 0 Å². The maximum atomic E-state index is 12.6. The van der Waals surface area contributed by atoms with Crippen LogP contribution in [0.15, 0.2) is 38.8 Å². The summed E-state index contributed by atoms with van der Waals surface area (Å²) < 4.78 is 32.2. The van der Waals surface area contributed by atoms with Crippen LogP contribution < -0.4 is 5.32 Å². The van der Waals surface area contributed by atoms with E-state index in [1.165, 1.54) is 22.5 Å². The minimum atomic E-state index is -3.51. The van der Waals surface area contributed by atoms with E-state index in [0.29, 0.717) is 29.8 Å². The number of nitrogens with one attached hydrogen (secondary N) is 1. The molecule has 1 N–H and O–H groups in total. The molecule has 0 radical (unpaired) electrons. The van der Waals surface area contributed by atoms with Crippen molar-refractivity contribution in [2.45, 2.75) is 62.6 Å². The third-order valence-corrected chi connectivity index (χ3v) is 8.52. The van der Waals surface area contributed by atoms with Gasteiger partial charge < -0.3 is 9.73 Å². The predicted octanol–water partition coefficient (Wildman–Crippen LogP) is 3.55. The van der Waals surface area contributed by atoms with Crippen molar-refractivity contribution in [3.05, 3.63) is 24.3 Å². The summed E-state index contributed by atoms with van der Waals surface area (Å²) in [4.78, 5) is 12.5. The van der Waals surface area contributed by atoms with Crippen molar-refractivity contribution in [3.63, 3.8) is 0 Å². The Bertz CT molecular complexity index is 972. The average Bonchev–Trinajstić information content (AvgIpc) is 3.24. The number of rotatable bonds is 9. The molecule has 1 aliphatic rings. The summed E-state index contributed by atoms with van der Waals surface area (Å²) in [5.74, 6) is 0.975. The third-order valence-electron chi connectivity index (χ3n) is 5.64. The minimum Gasteiger partial charge on any atom is -0.411 e. The lowest BCUT2D eigenvalue weighted by Gasteiger charge is -2.29. The molecule has 1 aromatic heterocycles. The molecule has 0 spiro atoms. The fourth-order valence-electron chi connectivity index (χ4n) is 3.77. The molecule has 170 valence electrons. The Morgan fingerprint density at radius 2 is 1.84 bits per heavy atom. The van der Waals surface area contributed by atoms with Crippen molar-refractivity contribution in [2.24, 2.45) is 5.92 Å². The molecule has 1 saturated carbocycles. The fourth-order valence-corrected chi connectivity index (χ4v) is 5.81. The first-order chi connectivity index (χ1) is 14.8. The Hall–Kier alpha value is -1.91. The van der Waals surface area contributed by atoms with Gasteiger partial charge in [-0.1, -0.05) is 45.4 Å². The van der Waals surface area contributed by atoms with E-state index in [4.69, 9.17) is 4.42 Å². The van der Waals surface area contributed by atoms with Gasteiger partial charge in [-0.05, 0) is 43.0 Å². The lowest BCUT2D eigenvalue weighted by atomic mass is 9.86. The number of hydrogen-bond donors (Lipinski definition) is 1. The number of hydrogen-bond acceptors (Lipinski definition) is 7. The topological polar surface area (TPSA) is 105 Å². The van der Waals surface area contributed by atoms with Gasteiger partial charge in [0.15, 0.2) is 0 Å². The highest BCUT2D eigenvalue weighted by Crippen LogP contribution is 2.26. The van der Waals surface area contributed by atoms with Gasteiger partial charge in [-0.15, -0.1) is 10.2 Å². The Kier molecular flexibility index (Phi) is 8.12. The summed E-state index contributed by atoms with van der Waals surface area (Å²) in [7, 11) is -3.51. The Balaban J connectivity index is 1.58. The minimum absolute atomic E-state index is 0.0329. The first kappa shape index (κ1) is 23.7. The van der Waals surface area contributed by atoms with E-state index in [1.807, 2.05) is 13.8 Å². The molecule has 1 heterocycles. The molecule has 0 unspecified atom stereocenters. The van der Waals surface area contributed by atoms with Gasteiger partial charge in [-0.2, -0.15) is 4.31 Å². The number of carbonyl (C=O) groups is 1. The molecule has 0 saturated heterocycles. The summed E-state index contributed by atoms with van der Waals surface area (Å²) in [5, 5.41) is 11.4. The molecule has 10 heteroatoms. The summed E-state index contributed by atoms with van der Waals surface area (Å²) in [6.45, 7) is 6.63. The van der Waals surface area contributed by atoms with E-state index in [1.54, 1.807) is 24.3 Å². The van der Waals surface area contributed by atoms with Gasteiger partial charge in [0.05, 0.1) is 10.6 Å². The SMILES string of the molecule is CCN(CC)S(=O)(=O)c1ccc(-c2nnc(SCC(=O)N[C@H]3CCCC[C@H]3C)o2)cc1. The number of carbonyl (C=O) groups excluding carboxylic acids is 1. The first-order valence-corrected chi connectivity index (χ1v) is 13.1. The van der Waals surface area contributed by atoms with Crippen molar-refractivity contribution in [1.82, 2.24) is 19.8 Å². The van der Waals surface area contributed by atoms with E-state index >= 15 is 0 Å². The molecule has 1 aliphatic carbocycles. The molecule has 1 amide bonds. The molecule has 3 rings (SSSR count). The van der Waals surface area contributed by atoms with Gasteiger partial charge in [0.1, 0.15) is 0 Å². The molecular formula is C21H30N4O4S2. The molecule has 31 heavy (non-hydrogen) atoms. The van der Waals surface area contributed by atoms with Gasteiger partial charge in [0.25, 0.3) is 5.22 Å². The van der Waals surface area contributed by atoms with Crippen molar-refractivity contribution in [1.29, 1.82) is 0 Å². The van der Waals surface area contributed by atoms with Crippen LogP contribution in [0.2, 0.25) is 0 Å². The van der Waals surface area contributed by atoms with Gasteiger partial charge in [-0.25, -0.2) is 8.42 Å². The second kappa shape index (κ2) is 10.6. The molecule has 0 aliphatic heterocycles. The van der Waals surface area contributed by atoms with Crippen molar-refractivity contribution >= 4 is 27.7 Å². The van der Waals surface area contributed by atoms with Crippen LogP contribution in [0, 0.1) is 5.92 Å². The zero-order valence-corrected chi connectivity index (χ0v) is 19.8. The molecule has 2 atom stereocenters. The zero-order chi connectivity index (χ0) is 22.4. The molecule has 0 bridgehead atoms. The number of benzene rings is 1. The maximum absolute atomic E-state index is 12.6. The second-order valence-corrected chi connectivity index (χ2v) is 10.6. The largest absolute Gasteiger partial charge is 0.411 e. The van der Waals surface area contributed by atoms with E-state index < -0.39 is 10.0 Å². The highest BCUT2D eigenvalue weighted by molar-refractivity contribution is 7.99. The Morgan fingerprint density at radius 3 is 2.48 bits per heavy atom. The fraction of sp³-hybridized carbons (Fsp3) is 0.571. The van der Waals surface area contributed by atoms with Crippen LogP contribution in [0.25, 0.3) is 11.5 Å². The molecule has 1 fully saturated rings. The number of aromatic nitrogens is 2. The summed E-state index contributed by atoms with van der Waals surface area (Å²) in [5.41, 5.74) is 0.623. The van der Waals surface area contributed by atoms with E-state index in [-0.39, 0.29) is 28.5 Å². The summed E-state index contributed by atoms with van der Waals surface area (Å²) >= 11 is 1.20. The summed E-state index contributed by atoms with van der Waals surface area (Å²) in [6.07, 6.45) is 4.57. The smallest absolute Gasteiger partial charge is 0.277 e. The molecule has 2 aromatic rings. The monoisotopic (exact) mass is 466 g/mol. The van der Waals surface area contributed by atoms with Gasteiger partial charge in [-0.3, -0.25) is 4.79 Å². The lowest BCUT2D eigenvalue weighted by molar-refractivity contribution is -0.119. The van der Waals surface area contributed by atoms with Crippen LogP contribution in [0.4, 0.5) is 0 Å². The van der Waals surface area contributed by atoms with Crippen LogP contribution in [0.5, 0.6) is 0 Å². The zero-order valence-electron chi connectivity index (χ0n) is 18.2. The van der Waals surface area contributed by atoms with Crippen LogP contribution in [0.3, 0.4) is 0 Å². The number of nitrogens with zero attached hydrogens (tertiary/aromatic N) is 3. The first-order valence-electron chi connectivity index (χ1n) is 10.7. The maximum Gasteiger partial charge on any atom is 0.277 e. The normalized spacial score (nSPS) is 19.5.